The highest BCUT2D eigenvalue weighted by atomic mass is 16.6. The molecule has 1 amide bonds. The molecule has 0 heterocycles. The summed E-state index contributed by atoms with van der Waals surface area (Å²) in [6, 6.07) is 7.00. The lowest BCUT2D eigenvalue weighted by Crippen LogP contribution is -2.51. The van der Waals surface area contributed by atoms with E-state index >= 15 is 0 Å². The van der Waals surface area contributed by atoms with Gasteiger partial charge >= 0.3 is 0 Å². The van der Waals surface area contributed by atoms with Crippen LogP contribution in [-0.2, 0) is 16.1 Å². The highest BCUT2D eigenvalue weighted by molar-refractivity contribution is 5.96. The summed E-state index contributed by atoms with van der Waals surface area (Å²) in [6.07, 6.45) is 11.7. The standard InChI is InChI=1S/C29H40N2O4/c1-28-14-11-21(31-35-18-27(34)30-16-13-19-3-6-22(32)7-4-19)17-20(28)5-8-23-24-9-10-26(33)29(24,2)15-12-25(23)28/h3-4,6-7,17,23-26,32-33H,5,8-16,18H2,1-2H3,(H,30,34)/t23-,24-,25-,26+,28-,29-/m0/s1. The number of allylic oxidation sites excluding steroid dienone is 2. The van der Waals surface area contributed by atoms with Crippen LogP contribution in [0, 0.1) is 28.6 Å². The first-order chi connectivity index (χ1) is 16.8. The van der Waals surface area contributed by atoms with Gasteiger partial charge in [0.25, 0.3) is 5.91 Å². The number of phenols is 1. The largest absolute Gasteiger partial charge is 0.508 e. The van der Waals surface area contributed by atoms with Crippen LogP contribution >= 0.6 is 0 Å². The van der Waals surface area contributed by atoms with E-state index < -0.39 is 0 Å². The Kier molecular flexibility index (Phi) is 6.69. The van der Waals surface area contributed by atoms with E-state index in [1.54, 1.807) is 12.1 Å². The molecule has 0 aliphatic heterocycles. The van der Waals surface area contributed by atoms with E-state index in [0.717, 1.165) is 49.3 Å². The van der Waals surface area contributed by atoms with Gasteiger partial charge in [0.1, 0.15) is 5.75 Å². The van der Waals surface area contributed by atoms with Gasteiger partial charge in [-0.3, -0.25) is 4.79 Å². The van der Waals surface area contributed by atoms with E-state index in [4.69, 9.17) is 4.84 Å². The SMILES string of the molecule is C[C@]12CC[C@H]3[C@@H](CCC4=CC(=NOCC(=O)NCCc5ccc(O)cc5)CC[C@@]43C)[C@@H]1CC[C@H]2O. The Labute approximate surface area is 208 Å². The van der Waals surface area contributed by atoms with Crippen LogP contribution in [0.2, 0.25) is 0 Å². The maximum Gasteiger partial charge on any atom is 0.260 e. The molecule has 4 aliphatic rings. The third-order valence-corrected chi connectivity index (χ3v) is 9.98. The Bertz CT molecular complexity index is 1000. The van der Waals surface area contributed by atoms with E-state index in [1.165, 1.54) is 24.8 Å². The number of nitrogens with zero attached hydrogens (tertiary/aromatic N) is 1. The van der Waals surface area contributed by atoms with E-state index in [0.29, 0.717) is 24.8 Å². The molecule has 35 heavy (non-hydrogen) atoms. The fourth-order valence-electron chi connectivity index (χ4n) is 7.85. The summed E-state index contributed by atoms with van der Waals surface area (Å²) in [7, 11) is 0. The van der Waals surface area contributed by atoms with E-state index in [2.05, 4.69) is 30.4 Å². The van der Waals surface area contributed by atoms with Gasteiger partial charge in [-0.1, -0.05) is 36.7 Å². The molecule has 6 heteroatoms. The highest BCUT2D eigenvalue weighted by Gasteiger charge is 2.58. The molecule has 3 fully saturated rings. The first-order valence-corrected chi connectivity index (χ1v) is 13.4. The molecule has 190 valence electrons. The van der Waals surface area contributed by atoms with Crippen LogP contribution in [0.5, 0.6) is 5.75 Å². The quantitative estimate of drug-likeness (QED) is 0.513. The second-order valence-electron chi connectivity index (χ2n) is 11.8. The number of carbonyl (C=O) groups is 1. The number of fused-ring (bicyclic) bond motifs is 5. The molecule has 0 unspecified atom stereocenters. The number of rotatable bonds is 6. The highest BCUT2D eigenvalue weighted by Crippen LogP contribution is 2.65. The number of hydrogen-bond acceptors (Lipinski definition) is 5. The molecule has 0 radical (unpaired) electrons. The summed E-state index contributed by atoms with van der Waals surface area (Å²) < 4.78 is 0. The van der Waals surface area contributed by atoms with Gasteiger partial charge in [0.05, 0.1) is 11.8 Å². The molecule has 0 bridgehead atoms. The Morgan fingerprint density at radius 1 is 1.09 bits per heavy atom. The second kappa shape index (κ2) is 9.61. The van der Waals surface area contributed by atoms with Crippen molar-refractivity contribution in [2.45, 2.75) is 77.7 Å². The number of benzene rings is 1. The number of aliphatic hydroxyl groups excluding tert-OH is 1. The van der Waals surface area contributed by atoms with Gasteiger partial charge in [0, 0.05) is 6.54 Å². The summed E-state index contributed by atoms with van der Waals surface area (Å²) in [5.41, 5.74) is 3.86. The van der Waals surface area contributed by atoms with Gasteiger partial charge in [-0.2, -0.15) is 0 Å². The van der Waals surface area contributed by atoms with Crippen molar-refractivity contribution >= 4 is 11.6 Å². The number of oxime groups is 1. The van der Waals surface area contributed by atoms with Gasteiger partial charge in [-0.15, -0.1) is 0 Å². The van der Waals surface area contributed by atoms with Crippen LogP contribution in [0.15, 0.2) is 41.1 Å². The normalized spacial score (nSPS) is 37.1. The van der Waals surface area contributed by atoms with Gasteiger partial charge in [0.15, 0.2) is 6.61 Å². The number of carbonyl (C=O) groups excluding carboxylic acids is 1. The molecular weight excluding hydrogens is 440 g/mol. The molecular formula is C29H40N2O4. The van der Waals surface area contributed by atoms with Gasteiger partial charge < -0.3 is 20.4 Å². The summed E-state index contributed by atoms with van der Waals surface area (Å²) >= 11 is 0. The Morgan fingerprint density at radius 2 is 1.89 bits per heavy atom. The average Bonchev–Trinajstić information content (AvgIpc) is 3.15. The molecule has 0 aromatic heterocycles. The van der Waals surface area contributed by atoms with E-state index in [1.807, 2.05) is 12.1 Å². The van der Waals surface area contributed by atoms with Gasteiger partial charge in [-0.05, 0) is 110 Å². The first-order valence-electron chi connectivity index (χ1n) is 13.4. The Hall–Kier alpha value is -2.34. The van der Waals surface area contributed by atoms with Crippen LogP contribution in [0.25, 0.3) is 0 Å². The lowest BCUT2D eigenvalue weighted by atomic mass is 9.47. The minimum atomic E-state index is -0.175. The smallest absolute Gasteiger partial charge is 0.260 e. The minimum Gasteiger partial charge on any atom is -0.508 e. The zero-order valence-corrected chi connectivity index (χ0v) is 21.1. The average molecular weight is 481 g/mol. The molecule has 6 nitrogen and oxygen atoms in total. The van der Waals surface area contributed by atoms with Gasteiger partial charge in [0.2, 0.25) is 0 Å². The number of amides is 1. The number of aromatic hydroxyl groups is 1. The van der Waals surface area contributed by atoms with Crippen molar-refractivity contribution in [2.75, 3.05) is 13.2 Å². The van der Waals surface area contributed by atoms with E-state index in [-0.39, 0.29) is 35.2 Å². The lowest BCUT2D eigenvalue weighted by Gasteiger charge is -2.57. The molecule has 0 saturated heterocycles. The summed E-state index contributed by atoms with van der Waals surface area (Å²) in [4.78, 5) is 17.6. The van der Waals surface area contributed by atoms with Crippen LogP contribution in [0.4, 0.5) is 0 Å². The molecule has 3 saturated carbocycles. The number of phenolic OH excluding ortho intramolecular Hbond substituents is 1. The fraction of sp³-hybridized carbons (Fsp3) is 0.655. The Balaban J connectivity index is 1.14. The molecule has 5 rings (SSSR count). The second-order valence-corrected chi connectivity index (χ2v) is 11.8. The van der Waals surface area contributed by atoms with Crippen molar-refractivity contribution in [3.63, 3.8) is 0 Å². The van der Waals surface area contributed by atoms with Crippen molar-refractivity contribution in [3.8, 4) is 5.75 Å². The zero-order valence-electron chi connectivity index (χ0n) is 21.1. The summed E-state index contributed by atoms with van der Waals surface area (Å²) in [5.74, 6) is 2.17. The molecule has 1 aromatic rings. The molecule has 4 aliphatic carbocycles. The third kappa shape index (κ3) is 4.62. The summed E-state index contributed by atoms with van der Waals surface area (Å²) in [5, 5.41) is 27.2. The van der Waals surface area contributed by atoms with E-state index in [9.17, 15) is 15.0 Å². The number of nitrogens with one attached hydrogen (secondary N) is 1. The number of aliphatic hydroxyl groups is 1. The topological polar surface area (TPSA) is 91.2 Å². The van der Waals surface area contributed by atoms with Crippen LogP contribution in [0.1, 0.15) is 70.8 Å². The van der Waals surface area contributed by atoms with Crippen molar-refractivity contribution < 1.29 is 19.8 Å². The molecule has 6 atom stereocenters. The molecule has 1 aromatic carbocycles. The third-order valence-electron chi connectivity index (χ3n) is 9.98. The monoisotopic (exact) mass is 480 g/mol. The lowest BCUT2D eigenvalue weighted by molar-refractivity contribution is -0.125. The maximum absolute atomic E-state index is 12.1. The van der Waals surface area contributed by atoms with Crippen LogP contribution in [0.3, 0.4) is 0 Å². The molecule has 0 spiro atoms. The first kappa shape index (κ1) is 24.4. The fourth-order valence-corrected chi connectivity index (χ4v) is 7.85. The maximum atomic E-state index is 12.1. The summed E-state index contributed by atoms with van der Waals surface area (Å²) in [6.45, 7) is 5.24. The van der Waals surface area contributed by atoms with Crippen molar-refractivity contribution in [1.29, 1.82) is 0 Å². The van der Waals surface area contributed by atoms with Crippen molar-refractivity contribution in [2.24, 2.45) is 33.7 Å². The zero-order chi connectivity index (χ0) is 24.6. The Morgan fingerprint density at radius 3 is 2.69 bits per heavy atom. The predicted octanol–water partition coefficient (Wildman–Crippen LogP) is 4.75. The van der Waals surface area contributed by atoms with Crippen molar-refractivity contribution in [3.05, 3.63) is 41.5 Å². The predicted molar refractivity (Wildman–Crippen MR) is 136 cm³/mol. The van der Waals surface area contributed by atoms with Crippen LogP contribution < -0.4 is 5.32 Å². The number of hydrogen-bond donors (Lipinski definition) is 3. The molecule has 3 N–H and O–H groups in total. The minimum absolute atomic E-state index is 0.0766. The van der Waals surface area contributed by atoms with Gasteiger partial charge in [-0.25, -0.2) is 0 Å². The van der Waals surface area contributed by atoms with Crippen LogP contribution in [-0.4, -0.2) is 41.1 Å². The van der Waals surface area contributed by atoms with Crippen molar-refractivity contribution in [1.82, 2.24) is 5.32 Å².